The monoisotopic (exact) mass is 338 g/mol. The molecule has 0 saturated heterocycles. The van der Waals surface area contributed by atoms with Crippen LogP contribution in [-0.2, 0) is 6.42 Å². The second-order valence-electron chi connectivity index (χ2n) is 4.55. The van der Waals surface area contributed by atoms with Crippen molar-refractivity contribution in [1.82, 2.24) is 0 Å². The molecule has 1 nitrogen and oxygen atoms in total. The van der Waals surface area contributed by atoms with Crippen molar-refractivity contribution < 1.29 is 4.74 Å². The Balaban J connectivity index is 2.24. The van der Waals surface area contributed by atoms with Crippen LogP contribution in [-0.4, -0.2) is 7.11 Å². The lowest BCUT2D eigenvalue weighted by atomic mass is 10.0. The number of hydrogen-bond donors (Lipinski definition) is 0. The lowest BCUT2D eigenvalue weighted by Crippen LogP contribution is -2.00. The first-order valence-corrected chi connectivity index (χ1v) is 7.36. The fourth-order valence-electron chi connectivity index (χ4n) is 2.08. The van der Waals surface area contributed by atoms with Gasteiger partial charge in [0.15, 0.2) is 0 Å². The van der Waals surface area contributed by atoms with Crippen molar-refractivity contribution >= 4 is 27.5 Å². The van der Waals surface area contributed by atoms with Gasteiger partial charge in [0.2, 0.25) is 0 Å². The lowest BCUT2D eigenvalue weighted by Gasteiger charge is -2.15. The van der Waals surface area contributed by atoms with Gasteiger partial charge in [0.1, 0.15) is 5.75 Å². The van der Waals surface area contributed by atoms with Crippen LogP contribution in [0.1, 0.15) is 22.1 Å². The van der Waals surface area contributed by atoms with Gasteiger partial charge in [-0.05, 0) is 37.1 Å². The van der Waals surface area contributed by atoms with Crippen molar-refractivity contribution in [2.45, 2.75) is 18.7 Å². The van der Waals surface area contributed by atoms with Crippen LogP contribution in [0.3, 0.4) is 0 Å². The molecule has 0 bridgehead atoms. The summed E-state index contributed by atoms with van der Waals surface area (Å²) in [7, 11) is 1.68. The minimum absolute atomic E-state index is 0.0934. The maximum atomic E-state index is 6.55. The first kappa shape index (κ1) is 14.4. The van der Waals surface area contributed by atoms with Crippen LogP contribution in [0, 0.1) is 6.92 Å². The molecule has 1 unspecified atom stereocenters. The summed E-state index contributed by atoms with van der Waals surface area (Å²) in [6.07, 6.45) is 0.779. The number of aryl methyl sites for hydroxylation is 1. The SMILES string of the molecule is COc1ccc(C)cc1C(Cl)Cc1cccc(Br)c1. The highest BCUT2D eigenvalue weighted by atomic mass is 79.9. The molecule has 2 aromatic carbocycles. The number of benzene rings is 2. The minimum atomic E-state index is -0.0934. The molecule has 0 aliphatic heterocycles. The third kappa shape index (κ3) is 3.74. The molecule has 19 heavy (non-hydrogen) atoms. The second-order valence-corrected chi connectivity index (χ2v) is 5.99. The number of ether oxygens (including phenoxy) is 1. The summed E-state index contributed by atoms with van der Waals surface area (Å²) < 4.78 is 6.46. The Morgan fingerprint density at radius 1 is 1.21 bits per heavy atom. The zero-order chi connectivity index (χ0) is 13.8. The third-order valence-corrected chi connectivity index (χ3v) is 3.91. The number of rotatable bonds is 4. The zero-order valence-electron chi connectivity index (χ0n) is 11.0. The van der Waals surface area contributed by atoms with Gasteiger partial charge in [-0.25, -0.2) is 0 Å². The molecule has 100 valence electrons. The van der Waals surface area contributed by atoms with E-state index in [1.807, 2.05) is 24.3 Å². The summed E-state index contributed by atoms with van der Waals surface area (Å²) in [6, 6.07) is 14.3. The summed E-state index contributed by atoms with van der Waals surface area (Å²) in [5.74, 6) is 0.848. The van der Waals surface area contributed by atoms with E-state index >= 15 is 0 Å². The van der Waals surface area contributed by atoms with Gasteiger partial charge in [0.25, 0.3) is 0 Å². The van der Waals surface area contributed by atoms with Gasteiger partial charge in [-0.1, -0.05) is 45.8 Å². The molecule has 3 heteroatoms. The standard InChI is InChI=1S/C16H16BrClO/c1-11-6-7-16(19-2)14(8-11)15(18)10-12-4-3-5-13(17)9-12/h3-9,15H,10H2,1-2H3. The van der Waals surface area contributed by atoms with Crippen molar-refractivity contribution in [2.24, 2.45) is 0 Å². The highest BCUT2D eigenvalue weighted by molar-refractivity contribution is 9.10. The van der Waals surface area contributed by atoms with Crippen molar-refractivity contribution in [3.05, 3.63) is 63.6 Å². The van der Waals surface area contributed by atoms with Crippen LogP contribution < -0.4 is 4.74 Å². The second kappa shape index (κ2) is 6.44. The summed E-state index contributed by atoms with van der Waals surface area (Å²) in [5.41, 5.74) is 3.44. The Kier molecular flexibility index (Phi) is 4.89. The summed E-state index contributed by atoms with van der Waals surface area (Å²) >= 11 is 10.0. The fraction of sp³-hybridized carbons (Fsp3) is 0.250. The summed E-state index contributed by atoms with van der Waals surface area (Å²) in [4.78, 5) is 0. The van der Waals surface area contributed by atoms with E-state index in [1.54, 1.807) is 7.11 Å². The molecule has 0 aliphatic carbocycles. The Bertz CT molecular complexity index is 568. The van der Waals surface area contributed by atoms with Crippen molar-refractivity contribution in [3.8, 4) is 5.75 Å². The largest absolute Gasteiger partial charge is 0.496 e. The third-order valence-electron chi connectivity index (χ3n) is 3.03. The molecule has 0 aromatic heterocycles. The predicted molar refractivity (Wildman–Crippen MR) is 84.2 cm³/mol. The summed E-state index contributed by atoms with van der Waals surface area (Å²) in [5, 5.41) is -0.0934. The molecule has 0 heterocycles. The molecule has 0 aliphatic rings. The summed E-state index contributed by atoms with van der Waals surface area (Å²) in [6.45, 7) is 2.06. The molecule has 1 atom stereocenters. The van der Waals surface area contributed by atoms with Gasteiger partial charge in [-0.2, -0.15) is 0 Å². The molecule has 0 amide bonds. The number of alkyl halides is 1. The van der Waals surface area contributed by atoms with E-state index in [9.17, 15) is 0 Å². The Labute approximate surface area is 127 Å². The smallest absolute Gasteiger partial charge is 0.123 e. The normalized spacial score (nSPS) is 12.2. The molecule has 0 fully saturated rings. The molecule has 0 spiro atoms. The minimum Gasteiger partial charge on any atom is -0.496 e. The molecular weight excluding hydrogens is 324 g/mol. The van der Waals surface area contributed by atoms with E-state index in [-0.39, 0.29) is 5.38 Å². The lowest BCUT2D eigenvalue weighted by molar-refractivity contribution is 0.409. The van der Waals surface area contributed by atoms with E-state index in [1.165, 1.54) is 11.1 Å². The van der Waals surface area contributed by atoms with Gasteiger partial charge < -0.3 is 4.74 Å². The van der Waals surface area contributed by atoms with Crippen LogP contribution in [0.25, 0.3) is 0 Å². The first-order valence-electron chi connectivity index (χ1n) is 6.13. The Hall–Kier alpha value is -0.990. The maximum Gasteiger partial charge on any atom is 0.123 e. The predicted octanol–water partition coefficient (Wildman–Crippen LogP) is 5.29. The molecular formula is C16H16BrClO. The van der Waals surface area contributed by atoms with E-state index in [4.69, 9.17) is 16.3 Å². The Morgan fingerprint density at radius 2 is 2.00 bits per heavy atom. The molecule has 0 N–H and O–H groups in total. The van der Waals surface area contributed by atoms with E-state index in [0.29, 0.717) is 0 Å². The van der Waals surface area contributed by atoms with Crippen LogP contribution >= 0.6 is 27.5 Å². The van der Waals surface area contributed by atoms with E-state index < -0.39 is 0 Å². The highest BCUT2D eigenvalue weighted by Crippen LogP contribution is 2.33. The number of methoxy groups -OCH3 is 1. The van der Waals surface area contributed by atoms with Gasteiger partial charge in [-0.15, -0.1) is 11.6 Å². The van der Waals surface area contributed by atoms with Gasteiger partial charge in [-0.3, -0.25) is 0 Å². The quantitative estimate of drug-likeness (QED) is 0.688. The zero-order valence-corrected chi connectivity index (χ0v) is 13.3. The average Bonchev–Trinajstić information content (AvgIpc) is 2.38. The molecule has 2 rings (SSSR count). The fourth-order valence-corrected chi connectivity index (χ4v) is 2.87. The highest BCUT2D eigenvalue weighted by Gasteiger charge is 2.14. The van der Waals surface area contributed by atoms with Crippen LogP contribution in [0.4, 0.5) is 0 Å². The van der Waals surface area contributed by atoms with Gasteiger partial charge >= 0.3 is 0 Å². The number of hydrogen-bond acceptors (Lipinski definition) is 1. The first-order chi connectivity index (χ1) is 9.10. The molecule has 0 saturated carbocycles. The van der Waals surface area contributed by atoms with Crippen LogP contribution in [0.15, 0.2) is 46.9 Å². The molecule has 0 radical (unpaired) electrons. The Morgan fingerprint density at radius 3 is 2.68 bits per heavy atom. The van der Waals surface area contributed by atoms with E-state index in [0.717, 1.165) is 22.2 Å². The van der Waals surface area contributed by atoms with E-state index in [2.05, 4.69) is 41.1 Å². The van der Waals surface area contributed by atoms with Crippen molar-refractivity contribution in [1.29, 1.82) is 0 Å². The van der Waals surface area contributed by atoms with Gasteiger partial charge in [0.05, 0.1) is 12.5 Å². The van der Waals surface area contributed by atoms with Gasteiger partial charge in [0, 0.05) is 10.0 Å². The van der Waals surface area contributed by atoms with Crippen molar-refractivity contribution in [3.63, 3.8) is 0 Å². The average molecular weight is 340 g/mol. The van der Waals surface area contributed by atoms with Crippen molar-refractivity contribution in [2.75, 3.05) is 7.11 Å². The maximum absolute atomic E-state index is 6.55. The van der Waals surface area contributed by atoms with Crippen LogP contribution in [0.5, 0.6) is 5.75 Å². The molecule has 2 aromatic rings. The topological polar surface area (TPSA) is 9.23 Å². The number of halogens is 2. The van der Waals surface area contributed by atoms with Crippen LogP contribution in [0.2, 0.25) is 0 Å².